The van der Waals surface area contributed by atoms with E-state index in [1.54, 1.807) is 36.1 Å². The van der Waals surface area contributed by atoms with Crippen LogP contribution in [0.5, 0.6) is 0 Å². The second-order valence-electron chi connectivity index (χ2n) is 7.75. The zero-order chi connectivity index (χ0) is 24.2. The van der Waals surface area contributed by atoms with Crippen molar-refractivity contribution in [1.29, 1.82) is 0 Å². The quantitative estimate of drug-likeness (QED) is 0.667. The van der Waals surface area contributed by atoms with Gasteiger partial charge in [0.05, 0.1) is 15.5 Å². The number of hydrogen-bond donors (Lipinski definition) is 1. The first-order valence-corrected chi connectivity index (χ1v) is 12.5. The lowest BCUT2D eigenvalue weighted by molar-refractivity contribution is -0.139. The van der Waals surface area contributed by atoms with Crippen LogP contribution in [-0.4, -0.2) is 67.5 Å². The largest absolute Gasteiger partial charge is 0.339 e. The average molecular weight is 492 g/mol. The molecule has 0 unspecified atom stereocenters. The Morgan fingerprint density at radius 1 is 0.970 bits per heavy atom. The van der Waals surface area contributed by atoms with E-state index < -0.39 is 27.0 Å². The molecule has 0 radical (unpaired) electrons. The first-order valence-electron chi connectivity index (χ1n) is 10.6. The van der Waals surface area contributed by atoms with Crippen molar-refractivity contribution in [3.8, 4) is 0 Å². The van der Waals surface area contributed by atoms with Crippen LogP contribution in [0.2, 0.25) is 5.02 Å². The molecule has 1 atom stereocenters. The third kappa shape index (κ3) is 5.54. The van der Waals surface area contributed by atoms with E-state index in [0.29, 0.717) is 19.5 Å². The van der Waals surface area contributed by atoms with E-state index >= 15 is 0 Å². The van der Waals surface area contributed by atoms with Crippen LogP contribution in [0.25, 0.3) is 0 Å². The molecule has 1 saturated heterocycles. The van der Waals surface area contributed by atoms with E-state index in [1.165, 1.54) is 29.2 Å². The molecule has 0 bridgehead atoms. The smallest absolute Gasteiger partial charge is 0.261 e. The fraction of sp³-hybridized carbons (Fsp3) is 0.348. The Kier molecular flexibility index (Phi) is 7.76. The lowest BCUT2D eigenvalue weighted by Crippen LogP contribution is -2.57. The molecule has 2 aromatic carbocycles. The summed E-state index contributed by atoms with van der Waals surface area (Å²) in [5, 5.41) is 0.690. The number of sulfone groups is 1. The van der Waals surface area contributed by atoms with Crippen LogP contribution in [0.3, 0.4) is 0 Å². The second kappa shape index (κ2) is 10.4. The molecule has 1 aliphatic rings. The standard InChI is InChI=1S/C23H26ClN3O5S/c1-3-20(28)26-12-14-27(15-13-26)23(30)22(25-21(29)18-6-4-5-7-19(18)24)33(31,32)17-10-8-16(2)9-11-17/h4-11,22H,3,12-15H2,1-2H3,(H,25,29)/t22-/m0/s1. The maximum atomic E-state index is 13.4. The molecule has 1 aliphatic heterocycles. The number of nitrogens with one attached hydrogen (secondary N) is 1. The molecule has 3 amide bonds. The van der Waals surface area contributed by atoms with E-state index in [1.807, 2.05) is 6.92 Å². The molecule has 2 aromatic rings. The number of benzene rings is 2. The van der Waals surface area contributed by atoms with Crippen molar-refractivity contribution >= 4 is 39.2 Å². The van der Waals surface area contributed by atoms with Crippen LogP contribution in [-0.2, 0) is 19.4 Å². The molecule has 1 heterocycles. The minimum Gasteiger partial charge on any atom is -0.339 e. The van der Waals surface area contributed by atoms with E-state index in [-0.39, 0.29) is 34.5 Å². The highest BCUT2D eigenvalue weighted by molar-refractivity contribution is 7.92. The molecule has 3 rings (SSSR count). The van der Waals surface area contributed by atoms with Crippen molar-refractivity contribution in [2.45, 2.75) is 30.5 Å². The summed E-state index contributed by atoms with van der Waals surface area (Å²) in [7, 11) is -4.26. The monoisotopic (exact) mass is 491 g/mol. The van der Waals surface area contributed by atoms with Gasteiger partial charge in [-0.15, -0.1) is 0 Å². The van der Waals surface area contributed by atoms with Gasteiger partial charge in [0.25, 0.3) is 11.8 Å². The number of hydrogen-bond acceptors (Lipinski definition) is 5. The lowest BCUT2D eigenvalue weighted by atomic mass is 10.2. The molecule has 0 spiro atoms. The molecular formula is C23H26ClN3O5S. The summed E-state index contributed by atoms with van der Waals surface area (Å²) in [6.45, 7) is 4.52. The van der Waals surface area contributed by atoms with Gasteiger partial charge >= 0.3 is 0 Å². The highest BCUT2D eigenvalue weighted by Gasteiger charge is 2.39. The molecule has 0 aromatic heterocycles. The zero-order valence-corrected chi connectivity index (χ0v) is 20.0. The topological polar surface area (TPSA) is 104 Å². The normalized spacial score (nSPS) is 15.1. The van der Waals surface area contributed by atoms with Crippen LogP contribution in [0, 0.1) is 6.92 Å². The van der Waals surface area contributed by atoms with Gasteiger partial charge in [0.2, 0.25) is 21.1 Å². The maximum Gasteiger partial charge on any atom is 0.261 e. The number of nitrogens with zero attached hydrogens (tertiary/aromatic N) is 2. The van der Waals surface area contributed by atoms with Gasteiger partial charge in [-0.05, 0) is 31.2 Å². The molecule has 10 heteroatoms. The number of piperazine rings is 1. The number of amides is 3. The van der Waals surface area contributed by atoms with Gasteiger partial charge in [0.15, 0.2) is 0 Å². The third-order valence-electron chi connectivity index (χ3n) is 5.51. The summed E-state index contributed by atoms with van der Waals surface area (Å²) < 4.78 is 26.9. The molecule has 1 fully saturated rings. The Morgan fingerprint density at radius 2 is 1.55 bits per heavy atom. The zero-order valence-electron chi connectivity index (χ0n) is 18.5. The van der Waals surface area contributed by atoms with E-state index in [0.717, 1.165) is 5.56 Å². The van der Waals surface area contributed by atoms with Gasteiger partial charge in [0.1, 0.15) is 0 Å². The summed E-state index contributed by atoms with van der Waals surface area (Å²) in [5.74, 6) is -1.55. The van der Waals surface area contributed by atoms with Gasteiger partial charge in [-0.1, -0.05) is 48.4 Å². The van der Waals surface area contributed by atoms with Gasteiger partial charge < -0.3 is 15.1 Å². The third-order valence-corrected chi connectivity index (χ3v) is 7.71. The summed E-state index contributed by atoms with van der Waals surface area (Å²) in [6, 6.07) is 12.3. The van der Waals surface area contributed by atoms with Crippen molar-refractivity contribution in [2.24, 2.45) is 0 Å². The molecule has 0 aliphatic carbocycles. The second-order valence-corrected chi connectivity index (χ2v) is 10.2. The number of halogens is 1. The lowest BCUT2D eigenvalue weighted by Gasteiger charge is -2.36. The first kappa shape index (κ1) is 24.7. The Hall–Kier alpha value is -2.91. The van der Waals surface area contributed by atoms with Crippen molar-refractivity contribution in [2.75, 3.05) is 26.2 Å². The summed E-state index contributed by atoms with van der Waals surface area (Å²) >= 11 is 6.10. The van der Waals surface area contributed by atoms with Gasteiger partial charge in [-0.3, -0.25) is 14.4 Å². The molecule has 8 nitrogen and oxygen atoms in total. The Balaban J connectivity index is 1.91. The van der Waals surface area contributed by atoms with Crippen LogP contribution >= 0.6 is 11.6 Å². The Bertz CT molecular complexity index is 1140. The predicted molar refractivity (Wildman–Crippen MR) is 125 cm³/mol. The maximum absolute atomic E-state index is 13.4. The van der Waals surface area contributed by atoms with Crippen molar-refractivity contribution in [1.82, 2.24) is 15.1 Å². The first-order chi connectivity index (χ1) is 15.6. The molecule has 0 saturated carbocycles. The minimum absolute atomic E-state index is 0.0297. The SMILES string of the molecule is CCC(=O)N1CCN(C(=O)[C@@H](NC(=O)c2ccccc2Cl)S(=O)(=O)c2ccc(C)cc2)CC1. The highest BCUT2D eigenvalue weighted by atomic mass is 35.5. The van der Waals surface area contributed by atoms with Gasteiger partial charge in [-0.2, -0.15) is 0 Å². The predicted octanol–water partition coefficient (Wildman–Crippen LogP) is 2.26. The minimum atomic E-state index is -4.26. The number of carbonyl (C=O) groups excluding carboxylic acids is 3. The summed E-state index contributed by atoms with van der Waals surface area (Å²) in [5.41, 5.74) is 0.920. The fourth-order valence-electron chi connectivity index (χ4n) is 3.54. The fourth-order valence-corrected chi connectivity index (χ4v) is 5.23. The highest BCUT2D eigenvalue weighted by Crippen LogP contribution is 2.20. The average Bonchev–Trinajstić information content (AvgIpc) is 2.82. The summed E-state index contributed by atoms with van der Waals surface area (Å²) in [6.07, 6.45) is 0.353. The number of carbonyl (C=O) groups is 3. The van der Waals surface area contributed by atoms with Crippen LogP contribution in [0.1, 0.15) is 29.3 Å². The summed E-state index contributed by atoms with van der Waals surface area (Å²) in [4.78, 5) is 41.1. The van der Waals surface area contributed by atoms with Crippen molar-refractivity contribution in [3.63, 3.8) is 0 Å². The van der Waals surface area contributed by atoms with Crippen LogP contribution in [0.15, 0.2) is 53.4 Å². The van der Waals surface area contributed by atoms with Crippen LogP contribution in [0.4, 0.5) is 0 Å². The Labute approximate surface area is 198 Å². The van der Waals surface area contributed by atoms with Crippen molar-refractivity contribution in [3.05, 3.63) is 64.7 Å². The number of aryl methyl sites for hydroxylation is 1. The van der Waals surface area contributed by atoms with Crippen LogP contribution < -0.4 is 5.32 Å². The van der Waals surface area contributed by atoms with E-state index in [4.69, 9.17) is 11.6 Å². The molecule has 1 N–H and O–H groups in total. The Morgan fingerprint density at radius 3 is 2.12 bits per heavy atom. The molecule has 176 valence electrons. The van der Waals surface area contributed by atoms with Crippen molar-refractivity contribution < 1.29 is 22.8 Å². The molecule has 33 heavy (non-hydrogen) atoms. The van der Waals surface area contributed by atoms with E-state index in [2.05, 4.69) is 5.32 Å². The molecular weight excluding hydrogens is 466 g/mol. The van der Waals surface area contributed by atoms with E-state index in [9.17, 15) is 22.8 Å². The van der Waals surface area contributed by atoms with Gasteiger partial charge in [0, 0.05) is 32.6 Å². The van der Waals surface area contributed by atoms with Gasteiger partial charge in [-0.25, -0.2) is 8.42 Å². The number of rotatable bonds is 6.